The average Bonchev–Trinajstić information content (AvgIpc) is 2.83. The van der Waals surface area contributed by atoms with Crippen molar-refractivity contribution in [1.29, 1.82) is 0 Å². The third-order valence-electron chi connectivity index (χ3n) is 7.96. The van der Waals surface area contributed by atoms with E-state index in [2.05, 4.69) is 24.8 Å². The minimum Gasteiger partial charge on any atom is -0.382 e. The predicted octanol–water partition coefficient (Wildman–Crippen LogP) is 6.50. The maximum atomic E-state index is 13.1. The minimum absolute atomic E-state index is 0.00644. The van der Waals surface area contributed by atoms with Gasteiger partial charge in [0.25, 0.3) is 0 Å². The topological polar surface area (TPSA) is 20.2 Å². The lowest BCUT2D eigenvalue weighted by atomic mass is 9.71. The van der Waals surface area contributed by atoms with Crippen molar-refractivity contribution in [2.75, 3.05) is 13.1 Å². The minimum atomic E-state index is -4.34. The van der Waals surface area contributed by atoms with Crippen LogP contribution >= 0.6 is 0 Å². The summed E-state index contributed by atoms with van der Waals surface area (Å²) in [5, 5.41) is 13.9. The lowest BCUT2D eigenvalue weighted by Crippen LogP contribution is -2.67. The van der Waals surface area contributed by atoms with E-state index in [4.69, 9.17) is 0 Å². The molecule has 172 valence electrons. The van der Waals surface area contributed by atoms with Gasteiger partial charge in [-0.25, -0.2) is 0 Å². The molecule has 3 fully saturated rings. The fraction of sp³-hybridized carbons (Fsp3) is 0.357. The summed E-state index contributed by atoms with van der Waals surface area (Å²) in [4.78, 5) is 0. The van der Waals surface area contributed by atoms with Crippen LogP contribution in [-0.4, -0.2) is 28.7 Å². The highest BCUT2D eigenvalue weighted by Crippen LogP contribution is 2.48. The van der Waals surface area contributed by atoms with E-state index in [0.29, 0.717) is 22.9 Å². The summed E-state index contributed by atoms with van der Waals surface area (Å²) >= 11 is 0. The molecule has 1 unspecified atom stereocenters. The maximum Gasteiger partial charge on any atom is 0.416 e. The molecule has 6 rings (SSSR count). The van der Waals surface area contributed by atoms with E-state index in [1.165, 1.54) is 12.1 Å². The third-order valence-corrected chi connectivity index (χ3v) is 7.96. The van der Waals surface area contributed by atoms with Gasteiger partial charge in [-0.1, -0.05) is 60.7 Å². The monoisotopic (exact) mass is 452 g/mol. The van der Waals surface area contributed by atoms with Crippen molar-refractivity contribution in [2.24, 2.45) is 11.8 Å². The second-order valence-electron chi connectivity index (χ2n) is 9.74. The first-order valence-corrected chi connectivity index (χ1v) is 11.6. The highest BCUT2D eigenvalue weighted by atomic mass is 19.4. The maximum absolute atomic E-state index is 13.1. The average molecular weight is 453 g/mol. The van der Waals surface area contributed by atoms with Gasteiger partial charge in [0.05, 0.1) is 18.7 Å². The Morgan fingerprint density at radius 3 is 2.48 bits per heavy atom. The Morgan fingerprint density at radius 2 is 1.76 bits per heavy atom. The van der Waals surface area contributed by atoms with Gasteiger partial charge in [0.1, 0.15) is 18.7 Å². The zero-order valence-electron chi connectivity index (χ0n) is 18.5. The van der Waals surface area contributed by atoms with Gasteiger partial charge >= 0.3 is 6.18 Å². The first-order chi connectivity index (χ1) is 15.8. The van der Waals surface area contributed by atoms with E-state index in [-0.39, 0.29) is 6.04 Å². The van der Waals surface area contributed by atoms with Crippen molar-refractivity contribution in [2.45, 2.75) is 37.7 Å². The van der Waals surface area contributed by atoms with E-state index in [1.54, 1.807) is 12.1 Å². The Bertz CT molecular complexity index is 1150. The zero-order chi connectivity index (χ0) is 23.2. The van der Waals surface area contributed by atoms with Crippen LogP contribution in [0.3, 0.4) is 0 Å². The molecule has 5 atom stereocenters. The Kier molecular flexibility index (Phi) is 5.58. The standard InChI is InChI=1S/C28H29F3NO/c1-2-20-18-32(17-19-10-12-23(13-11-19)28(29,30)31)15-14-22(20)16-26(32)27(33)25-9-5-7-21-6-3-4-8-24(21)25/h2-13,20,22,26-27,33H,1,14-18H2/q+1/t20-,22-,26+,27-,32?/m0/s1. The number of aliphatic hydroxyl groups is 1. The van der Waals surface area contributed by atoms with Crippen molar-refractivity contribution in [3.05, 3.63) is 96.1 Å². The molecule has 0 amide bonds. The SMILES string of the molecule is C=C[C@H]1C[N+]2(Cc3ccc(C(F)(F)F)cc3)CC[C@H]1C[C@@H]2[C@@H](O)c1cccc2ccccc12. The number of rotatable bonds is 5. The molecular weight excluding hydrogens is 423 g/mol. The first kappa shape index (κ1) is 22.2. The summed E-state index contributed by atoms with van der Waals surface area (Å²) in [5.41, 5.74) is 1.19. The Morgan fingerprint density at radius 1 is 1.03 bits per heavy atom. The van der Waals surface area contributed by atoms with Gasteiger partial charge in [0.2, 0.25) is 0 Å². The molecule has 0 saturated carbocycles. The van der Waals surface area contributed by atoms with Gasteiger partial charge < -0.3 is 9.59 Å². The smallest absolute Gasteiger partial charge is 0.382 e. The van der Waals surface area contributed by atoms with Crippen LogP contribution in [0.25, 0.3) is 10.8 Å². The lowest BCUT2D eigenvalue weighted by molar-refractivity contribution is -0.984. The molecule has 0 aromatic heterocycles. The predicted molar refractivity (Wildman–Crippen MR) is 124 cm³/mol. The van der Waals surface area contributed by atoms with Gasteiger partial charge in [-0.05, 0) is 34.4 Å². The molecule has 2 bridgehead atoms. The number of benzene rings is 3. The number of halogens is 3. The normalized spacial score (nSPS) is 28.1. The highest BCUT2D eigenvalue weighted by Gasteiger charge is 2.54. The zero-order valence-corrected chi connectivity index (χ0v) is 18.5. The van der Waals surface area contributed by atoms with E-state index >= 15 is 0 Å². The molecule has 3 aliphatic heterocycles. The number of piperidine rings is 3. The number of aliphatic hydroxyl groups excluding tert-OH is 1. The van der Waals surface area contributed by atoms with Crippen molar-refractivity contribution in [3.63, 3.8) is 0 Å². The number of alkyl halides is 3. The molecule has 3 aliphatic rings. The molecule has 0 spiro atoms. The Labute approximate surface area is 192 Å². The van der Waals surface area contributed by atoms with Gasteiger partial charge in [0.15, 0.2) is 0 Å². The summed E-state index contributed by atoms with van der Waals surface area (Å²) < 4.78 is 39.9. The second-order valence-corrected chi connectivity index (χ2v) is 9.74. The molecule has 3 aromatic carbocycles. The fourth-order valence-electron chi connectivity index (χ4n) is 6.26. The molecule has 2 nitrogen and oxygen atoms in total. The number of hydrogen-bond donors (Lipinski definition) is 1. The van der Waals surface area contributed by atoms with Gasteiger partial charge in [-0.15, -0.1) is 6.58 Å². The van der Waals surface area contributed by atoms with E-state index in [1.807, 2.05) is 30.3 Å². The summed E-state index contributed by atoms with van der Waals surface area (Å²) in [6, 6.07) is 19.7. The van der Waals surface area contributed by atoms with E-state index < -0.39 is 17.8 Å². The van der Waals surface area contributed by atoms with Crippen molar-refractivity contribution in [3.8, 4) is 0 Å². The molecule has 1 N–H and O–H groups in total. The van der Waals surface area contributed by atoms with Crippen LogP contribution in [-0.2, 0) is 12.7 Å². The van der Waals surface area contributed by atoms with Crippen LogP contribution in [0.5, 0.6) is 0 Å². The number of fused-ring (bicyclic) bond motifs is 4. The highest BCUT2D eigenvalue weighted by molar-refractivity contribution is 5.86. The number of quaternary nitrogens is 1. The lowest BCUT2D eigenvalue weighted by Gasteiger charge is -2.58. The van der Waals surface area contributed by atoms with Crippen molar-refractivity contribution >= 4 is 10.8 Å². The van der Waals surface area contributed by atoms with Crippen LogP contribution in [0.15, 0.2) is 79.4 Å². The summed E-state index contributed by atoms with van der Waals surface area (Å²) in [7, 11) is 0. The molecule has 3 heterocycles. The van der Waals surface area contributed by atoms with Gasteiger partial charge in [0, 0.05) is 24.3 Å². The molecule has 0 aliphatic carbocycles. The third kappa shape index (κ3) is 3.98. The van der Waals surface area contributed by atoms with Gasteiger partial charge in [-0.3, -0.25) is 0 Å². The second kappa shape index (κ2) is 8.30. The van der Waals surface area contributed by atoms with E-state index in [9.17, 15) is 18.3 Å². The molecule has 0 radical (unpaired) electrons. The van der Waals surface area contributed by atoms with Crippen LogP contribution < -0.4 is 0 Å². The molecule has 33 heavy (non-hydrogen) atoms. The summed E-state index contributed by atoms with van der Waals surface area (Å²) in [6.07, 6.45) is -1.00. The summed E-state index contributed by atoms with van der Waals surface area (Å²) in [6.45, 7) is 6.45. The van der Waals surface area contributed by atoms with Crippen LogP contribution in [0, 0.1) is 11.8 Å². The van der Waals surface area contributed by atoms with Crippen molar-refractivity contribution in [1.82, 2.24) is 0 Å². The van der Waals surface area contributed by atoms with Crippen LogP contribution in [0.1, 0.15) is 35.6 Å². The Balaban J connectivity index is 1.51. The van der Waals surface area contributed by atoms with Crippen molar-refractivity contribution < 1.29 is 22.8 Å². The largest absolute Gasteiger partial charge is 0.416 e. The molecule has 3 aromatic rings. The van der Waals surface area contributed by atoms with Crippen LogP contribution in [0.2, 0.25) is 0 Å². The first-order valence-electron chi connectivity index (χ1n) is 11.6. The molecule has 3 saturated heterocycles. The number of hydrogen-bond acceptors (Lipinski definition) is 1. The molecular formula is C28H29F3NO+. The van der Waals surface area contributed by atoms with Gasteiger partial charge in [-0.2, -0.15) is 13.2 Å². The van der Waals surface area contributed by atoms with E-state index in [0.717, 1.165) is 47.8 Å². The number of nitrogens with zero attached hydrogens (tertiary/aromatic N) is 1. The molecule has 5 heteroatoms. The Hall–Kier alpha value is -2.63. The van der Waals surface area contributed by atoms with Crippen LogP contribution in [0.4, 0.5) is 13.2 Å². The quantitative estimate of drug-likeness (QED) is 0.346. The fourth-order valence-corrected chi connectivity index (χ4v) is 6.26. The summed E-state index contributed by atoms with van der Waals surface area (Å²) in [5.74, 6) is 0.855.